The smallest absolute Gasteiger partial charge is 0.507 e. The van der Waals surface area contributed by atoms with E-state index < -0.39 is 79.0 Å². The van der Waals surface area contributed by atoms with Crippen LogP contribution in [0.25, 0.3) is 34.2 Å². The van der Waals surface area contributed by atoms with Crippen LogP contribution in [-0.4, -0.2) is 111 Å². The summed E-state index contributed by atoms with van der Waals surface area (Å²) in [5, 5.41) is 23.6. The molecule has 22 heteroatoms. The summed E-state index contributed by atoms with van der Waals surface area (Å²) in [6.45, 7) is 42.6. The van der Waals surface area contributed by atoms with Gasteiger partial charge in [0.05, 0.1) is 18.2 Å². The molecule has 2 unspecified atom stereocenters. The highest BCUT2D eigenvalue weighted by atomic mass is 28.5. The maximum atomic E-state index is 11.8. The first kappa shape index (κ1) is 57.7. The largest absolute Gasteiger partial charge is 0.512 e. The molecule has 0 saturated carbocycles. The molecule has 0 fully saturated rings. The predicted octanol–water partition coefficient (Wildman–Crippen LogP) is 12.7. The highest BCUT2D eigenvalue weighted by Gasteiger charge is 2.58. The van der Waals surface area contributed by atoms with Crippen molar-refractivity contribution in [3.05, 3.63) is 60.7 Å². The average Bonchev–Trinajstić information content (AvgIpc) is 3.14. The fourth-order valence-corrected chi connectivity index (χ4v) is 35.7. The van der Waals surface area contributed by atoms with Crippen LogP contribution in [0, 0.1) is 0 Å². The van der Waals surface area contributed by atoms with Crippen LogP contribution in [0.2, 0.25) is 118 Å². The summed E-state index contributed by atoms with van der Waals surface area (Å²) in [6.07, 6.45) is 1.13. The second-order valence-corrected chi connectivity index (χ2v) is 56.9. The van der Waals surface area contributed by atoms with Crippen LogP contribution in [0.5, 0.6) is 28.7 Å². The second kappa shape index (κ2) is 21.9. The van der Waals surface area contributed by atoms with E-state index in [-0.39, 0.29) is 23.1 Å². The molecule has 0 amide bonds. The minimum atomic E-state index is -3.47. The monoisotopic (exact) mass is 1080 g/mol. The number of methoxy groups -OCH3 is 1. The quantitative estimate of drug-likeness (QED) is 0.0637. The van der Waals surface area contributed by atoms with Crippen LogP contribution in [0.15, 0.2) is 60.7 Å². The van der Waals surface area contributed by atoms with Crippen LogP contribution in [0.4, 0.5) is 0 Å². The first-order valence-corrected chi connectivity index (χ1v) is 47.6. The van der Waals surface area contributed by atoms with Gasteiger partial charge < -0.3 is 49.1 Å². The standard InChI is InChI=1S/C46H81N3O11Si8/c1-22-42(67(55-61(4,5)6,56-62(7,8)9)57-63(10,11)12)53-36-28-30-38(40(50)32-36)45-47-44(34-24-26-35(52-3)27-25-34)48-46(49-45)39-31-29-37(33-41(39)51)54-43(23-2)68(58-64(13,14)15,59-65(16,17)18)60-66(19,20)21/h24-33,42-43,50-51H,22-23H2,1-21H3. The Kier molecular flexibility index (Phi) is 18.6. The van der Waals surface area contributed by atoms with Gasteiger partial charge in [-0.25, -0.2) is 15.0 Å². The van der Waals surface area contributed by atoms with E-state index in [2.05, 4.69) is 118 Å². The van der Waals surface area contributed by atoms with E-state index in [9.17, 15) is 10.2 Å². The Bertz CT molecular complexity index is 2090. The maximum absolute atomic E-state index is 11.8. The third-order valence-corrected chi connectivity index (χ3v) is 33.3. The molecule has 0 bridgehead atoms. The lowest BCUT2D eigenvalue weighted by Crippen LogP contribution is -2.68. The Morgan fingerprint density at radius 2 is 0.691 bits per heavy atom. The lowest BCUT2D eigenvalue weighted by atomic mass is 10.1. The molecule has 378 valence electrons. The zero-order valence-corrected chi connectivity index (χ0v) is 52.8. The van der Waals surface area contributed by atoms with Gasteiger partial charge >= 0.3 is 17.6 Å². The first-order chi connectivity index (χ1) is 31.0. The van der Waals surface area contributed by atoms with Gasteiger partial charge in [-0.1, -0.05) is 13.8 Å². The minimum Gasteiger partial charge on any atom is -0.507 e. The van der Waals surface area contributed by atoms with Crippen molar-refractivity contribution in [2.75, 3.05) is 7.11 Å². The Labute approximate surface area is 416 Å². The van der Waals surface area contributed by atoms with Crippen molar-refractivity contribution in [2.24, 2.45) is 0 Å². The molecule has 4 aromatic rings. The van der Waals surface area contributed by atoms with E-state index in [0.29, 0.717) is 52.6 Å². The van der Waals surface area contributed by atoms with Crippen molar-refractivity contribution in [1.82, 2.24) is 15.0 Å². The van der Waals surface area contributed by atoms with Gasteiger partial charge in [0.2, 0.25) is 0 Å². The van der Waals surface area contributed by atoms with Crippen LogP contribution >= 0.6 is 0 Å². The van der Waals surface area contributed by atoms with Crippen LogP contribution in [0.3, 0.4) is 0 Å². The minimum absolute atomic E-state index is 0.112. The summed E-state index contributed by atoms with van der Waals surface area (Å²) < 4.78 is 61.0. The third-order valence-electron chi connectivity index (χ3n) is 9.18. The van der Waals surface area contributed by atoms with Gasteiger partial charge in [-0.05, 0) is 179 Å². The fraction of sp³-hybridized carbons (Fsp3) is 0.543. The van der Waals surface area contributed by atoms with E-state index in [4.69, 9.17) is 53.9 Å². The van der Waals surface area contributed by atoms with E-state index in [1.807, 2.05) is 38.1 Å². The van der Waals surface area contributed by atoms with Gasteiger partial charge in [-0.2, -0.15) is 0 Å². The van der Waals surface area contributed by atoms with Crippen LogP contribution in [0.1, 0.15) is 26.7 Å². The van der Waals surface area contributed by atoms with Crippen molar-refractivity contribution >= 4 is 67.5 Å². The average molecular weight is 1080 g/mol. The number of hydrogen-bond acceptors (Lipinski definition) is 14. The number of ether oxygens (including phenoxy) is 3. The zero-order chi connectivity index (χ0) is 51.5. The lowest BCUT2D eigenvalue weighted by molar-refractivity contribution is 0.144. The van der Waals surface area contributed by atoms with Crippen LogP contribution in [-0.2, 0) is 24.7 Å². The second-order valence-electron chi connectivity index (χ2n) is 22.9. The number of phenols is 2. The van der Waals surface area contributed by atoms with Gasteiger partial charge in [-0.3, -0.25) is 0 Å². The molecule has 2 atom stereocenters. The molecule has 0 saturated heterocycles. The normalized spacial score (nSPS) is 14.4. The number of aromatic nitrogens is 3. The number of nitrogens with zero attached hydrogens (tertiary/aromatic N) is 3. The molecule has 2 N–H and O–H groups in total. The molecule has 0 radical (unpaired) electrons. The molecule has 0 aliphatic heterocycles. The molecule has 0 aliphatic rings. The maximum Gasteiger partial charge on any atom is 0.512 e. The van der Waals surface area contributed by atoms with E-state index in [1.165, 1.54) is 0 Å². The van der Waals surface area contributed by atoms with Crippen molar-refractivity contribution in [1.29, 1.82) is 0 Å². The zero-order valence-electron chi connectivity index (χ0n) is 44.8. The summed E-state index contributed by atoms with van der Waals surface area (Å²) >= 11 is 0. The number of benzene rings is 3. The molecule has 1 heterocycles. The molecule has 3 aromatic carbocycles. The highest BCUT2D eigenvalue weighted by molar-refractivity contribution is 6.91. The summed E-state index contributed by atoms with van der Waals surface area (Å²) in [6, 6.07) is 17.5. The number of hydrogen-bond donors (Lipinski definition) is 2. The SMILES string of the molecule is CCC(Oc1ccc(-c2nc(-c3ccc(OC)cc3)nc(-c3ccc(OC(CC)[Si](O[Si](C)(C)C)(O[Si](C)(C)C)O[Si](C)(C)C)cc3O)n2)c(O)c1)[Si](O[Si](C)(C)C)(O[Si](C)(C)C)O[Si](C)(C)C. The predicted molar refractivity (Wildman–Crippen MR) is 294 cm³/mol. The summed E-state index contributed by atoms with van der Waals surface area (Å²) in [4.78, 5) is 14.6. The van der Waals surface area contributed by atoms with Gasteiger partial charge in [-0.15, -0.1) is 0 Å². The van der Waals surface area contributed by atoms with Gasteiger partial charge in [0.15, 0.2) is 78.8 Å². The van der Waals surface area contributed by atoms with Gasteiger partial charge in [0.25, 0.3) is 0 Å². The molecule has 4 rings (SSSR count). The van der Waals surface area contributed by atoms with Crippen LogP contribution < -0.4 is 14.2 Å². The van der Waals surface area contributed by atoms with E-state index in [0.717, 1.165) is 0 Å². The summed E-state index contributed by atoms with van der Waals surface area (Å²) in [5.74, 6) is 1.97. The molecule has 14 nitrogen and oxygen atoms in total. The Balaban J connectivity index is 1.84. The fourth-order valence-electron chi connectivity index (χ4n) is 7.25. The molecule has 0 aliphatic carbocycles. The van der Waals surface area contributed by atoms with Crippen molar-refractivity contribution in [3.63, 3.8) is 0 Å². The number of aromatic hydroxyl groups is 2. The number of phenolic OH excluding ortho intramolecular Hbond substituents is 2. The molecular formula is C46H81N3O11Si8. The summed E-state index contributed by atoms with van der Waals surface area (Å²) in [7, 11) is -18.6. The molecule has 0 spiro atoms. The highest BCUT2D eigenvalue weighted by Crippen LogP contribution is 2.39. The van der Waals surface area contributed by atoms with E-state index in [1.54, 1.807) is 43.5 Å². The molecule has 1 aromatic heterocycles. The molecule has 68 heavy (non-hydrogen) atoms. The Morgan fingerprint density at radius 3 is 0.941 bits per heavy atom. The van der Waals surface area contributed by atoms with Crippen molar-refractivity contribution in [2.45, 2.75) is 156 Å². The number of rotatable bonds is 24. The topological polar surface area (TPSA) is 162 Å². The summed E-state index contributed by atoms with van der Waals surface area (Å²) in [5.41, 5.74) is 0.284. The molecular weight excluding hydrogens is 995 g/mol. The van der Waals surface area contributed by atoms with Gasteiger partial charge in [0.1, 0.15) is 28.7 Å². The van der Waals surface area contributed by atoms with Crippen molar-refractivity contribution in [3.8, 4) is 62.9 Å². The first-order valence-electron chi connectivity index (χ1n) is 23.6. The van der Waals surface area contributed by atoms with Gasteiger partial charge in [0, 0.05) is 17.7 Å². The Hall–Kier alpha value is -2.83. The van der Waals surface area contributed by atoms with Crippen molar-refractivity contribution < 1.29 is 49.1 Å². The van der Waals surface area contributed by atoms with E-state index >= 15 is 0 Å². The lowest BCUT2D eigenvalue weighted by Gasteiger charge is -2.45. The Morgan fingerprint density at radius 1 is 0.412 bits per heavy atom. The third kappa shape index (κ3) is 17.2.